The van der Waals surface area contributed by atoms with E-state index >= 15 is 0 Å². The van der Waals surface area contributed by atoms with Crippen LogP contribution in [0.25, 0.3) is 32.1 Å². The molecule has 0 aliphatic carbocycles. The zero-order chi connectivity index (χ0) is 18.9. The van der Waals surface area contributed by atoms with Crippen molar-refractivity contribution in [2.45, 2.75) is 10.8 Å². The third-order valence-corrected chi connectivity index (χ3v) is 6.91. The summed E-state index contributed by atoms with van der Waals surface area (Å²) in [5.41, 5.74) is 3.62. The molecule has 5 heteroatoms. The van der Waals surface area contributed by atoms with Crippen molar-refractivity contribution in [3.05, 3.63) is 89.0 Å². The topological polar surface area (TPSA) is 25.8 Å². The Kier molecular flexibility index (Phi) is 4.77. The molecule has 3 aromatic carbocycles. The van der Waals surface area contributed by atoms with E-state index in [2.05, 4.69) is 69.9 Å². The lowest BCUT2D eigenvalue weighted by atomic mass is 10.1. The molecule has 0 radical (unpaired) electrons. The molecular formula is C23H15ClN2S2. The summed E-state index contributed by atoms with van der Waals surface area (Å²) in [5, 5.41) is 7.61. The Hall–Kier alpha value is -2.40. The van der Waals surface area contributed by atoms with Crippen molar-refractivity contribution in [3.63, 3.8) is 0 Å². The van der Waals surface area contributed by atoms with Crippen molar-refractivity contribution < 1.29 is 0 Å². The second kappa shape index (κ2) is 7.55. The zero-order valence-corrected chi connectivity index (χ0v) is 17.2. The van der Waals surface area contributed by atoms with Crippen LogP contribution in [-0.2, 0) is 5.75 Å². The monoisotopic (exact) mass is 418 g/mol. The van der Waals surface area contributed by atoms with E-state index in [1.165, 1.54) is 16.3 Å². The third kappa shape index (κ3) is 3.28. The first-order valence-electron chi connectivity index (χ1n) is 8.87. The number of halogens is 1. The van der Waals surface area contributed by atoms with Crippen molar-refractivity contribution in [3.8, 4) is 11.1 Å². The number of aromatic nitrogens is 2. The fourth-order valence-corrected chi connectivity index (χ4v) is 5.49. The lowest BCUT2D eigenvalue weighted by Crippen LogP contribution is -1.88. The van der Waals surface area contributed by atoms with Crippen LogP contribution in [0, 0.1) is 0 Å². The van der Waals surface area contributed by atoms with Crippen LogP contribution in [0.3, 0.4) is 0 Å². The SMILES string of the molecule is Clc1ccc(-c2csc3ncnc(SCc4cccc5ccccc45)c23)cc1. The van der Waals surface area contributed by atoms with E-state index in [9.17, 15) is 0 Å². The van der Waals surface area contributed by atoms with Gasteiger partial charge in [0, 0.05) is 21.7 Å². The summed E-state index contributed by atoms with van der Waals surface area (Å²) < 4.78 is 0. The molecule has 0 atom stereocenters. The van der Waals surface area contributed by atoms with Crippen molar-refractivity contribution in [1.82, 2.24) is 9.97 Å². The normalized spacial score (nSPS) is 11.3. The highest BCUT2D eigenvalue weighted by Crippen LogP contribution is 2.39. The summed E-state index contributed by atoms with van der Waals surface area (Å²) in [7, 11) is 0. The van der Waals surface area contributed by atoms with Gasteiger partial charge in [0.1, 0.15) is 16.2 Å². The molecule has 0 N–H and O–H groups in total. The molecule has 2 aromatic heterocycles. The van der Waals surface area contributed by atoms with Gasteiger partial charge in [0.2, 0.25) is 0 Å². The van der Waals surface area contributed by atoms with E-state index in [1.54, 1.807) is 29.4 Å². The fraction of sp³-hybridized carbons (Fsp3) is 0.0435. The maximum Gasteiger partial charge on any atom is 0.128 e. The number of hydrogen-bond donors (Lipinski definition) is 0. The molecular weight excluding hydrogens is 404 g/mol. The molecule has 0 bridgehead atoms. The van der Waals surface area contributed by atoms with Gasteiger partial charge in [0.25, 0.3) is 0 Å². The molecule has 0 unspecified atom stereocenters. The Morgan fingerprint density at radius 2 is 1.71 bits per heavy atom. The second-order valence-corrected chi connectivity index (χ2v) is 8.70. The first-order chi connectivity index (χ1) is 13.8. The van der Waals surface area contributed by atoms with Crippen molar-refractivity contribution in [2.24, 2.45) is 0 Å². The highest BCUT2D eigenvalue weighted by Gasteiger charge is 2.14. The van der Waals surface area contributed by atoms with Crippen LogP contribution in [0.4, 0.5) is 0 Å². The molecule has 2 heterocycles. The summed E-state index contributed by atoms with van der Waals surface area (Å²) >= 11 is 9.48. The quantitative estimate of drug-likeness (QED) is 0.224. The minimum Gasteiger partial charge on any atom is -0.229 e. The largest absolute Gasteiger partial charge is 0.229 e. The zero-order valence-electron chi connectivity index (χ0n) is 14.8. The molecule has 136 valence electrons. The van der Waals surface area contributed by atoms with Crippen molar-refractivity contribution in [2.75, 3.05) is 0 Å². The van der Waals surface area contributed by atoms with Crippen LogP contribution in [0.15, 0.2) is 83.5 Å². The molecule has 5 aromatic rings. The van der Waals surface area contributed by atoms with Gasteiger partial charge in [-0.2, -0.15) is 0 Å². The first-order valence-corrected chi connectivity index (χ1v) is 11.1. The summed E-state index contributed by atoms with van der Waals surface area (Å²) in [4.78, 5) is 10.1. The summed E-state index contributed by atoms with van der Waals surface area (Å²) in [5.74, 6) is 0.864. The van der Waals surface area contributed by atoms with E-state index in [0.29, 0.717) is 0 Å². The Bertz CT molecular complexity index is 1270. The van der Waals surface area contributed by atoms with E-state index < -0.39 is 0 Å². The molecule has 0 aliphatic heterocycles. The number of thioether (sulfide) groups is 1. The van der Waals surface area contributed by atoms with Crippen LogP contribution in [0.5, 0.6) is 0 Å². The van der Waals surface area contributed by atoms with Crippen LogP contribution < -0.4 is 0 Å². The summed E-state index contributed by atoms with van der Waals surface area (Å²) in [6, 6.07) is 22.9. The van der Waals surface area contributed by atoms with Gasteiger partial charge in [0.15, 0.2) is 0 Å². The number of hydrogen-bond acceptors (Lipinski definition) is 4. The predicted molar refractivity (Wildman–Crippen MR) is 121 cm³/mol. The van der Waals surface area contributed by atoms with Crippen LogP contribution in [0.2, 0.25) is 5.02 Å². The highest BCUT2D eigenvalue weighted by atomic mass is 35.5. The van der Waals surface area contributed by atoms with E-state index in [1.807, 2.05) is 12.1 Å². The van der Waals surface area contributed by atoms with Gasteiger partial charge in [0.05, 0.1) is 5.39 Å². The lowest BCUT2D eigenvalue weighted by molar-refractivity contribution is 1.11. The molecule has 5 rings (SSSR count). The first kappa shape index (κ1) is 17.7. The van der Waals surface area contributed by atoms with Gasteiger partial charge in [-0.1, -0.05) is 66.2 Å². The van der Waals surface area contributed by atoms with Crippen molar-refractivity contribution >= 4 is 55.7 Å². The molecule has 28 heavy (non-hydrogen) atoms. The molecule has 2 nitrogen and oxygen atoms in total. The molecule has 0 aliphatic rings. The third-order valence-electron chi connectivity index (χ3n) is 4.74. The molecule has 0 saturated carbocycles. The summed E-state index contributed by atoms with van der Waals surface area (Å²) in [6.45, 7) is 0. The Labute approximate surface area is 176 Å². The standard InChI is InChI=1S/C23H15ClN2S2/c24-18-10-8-16(9-11-18)20-13-28-23-21(20)22(25-14-26-23)27-12-17-6-3-5-15-4-1-2-7-19(15)17/h1-11,13-14H,12H2. The molecule has 0 saturated heterocycles. The number of rotatable bonds is 4. The Balaban J connectivity index is 1.54. The average Bonchev–Trinajstić information content (AvgIpc) is 3.17. The van der Waals surface area contributed by atoms with Gasteiger partial charge in [-0.25, -0.2) is 9.97 Å². The maximum atomic E-state index is 6.06. The smallest absolute Gasteiger partial charge is 0.128 e. The number of fused-ring (bicyclic) bond motifs is 2. The maximum absolute atomic E-state index is 6.06. The van der Waals surface area contributed by atoms with Gasteiger partial charge >= 0.3 is 0 Å². The molecule has 0 fully saturated rings. The van der Waals surface area contributed by atoms with Crippen molar-refractivity contribution in [1.29, 1.82) is 0 Å². The molecule has 0 spiro atoms. The second-order valence-electron chi connectivity index (χ2n) is 6.44. The number of thiophene rings is 1. The fourth-order valence-electron chi connectivity index (χ4n) is 3.36. The van der Waals surface area contributed by atoms with E-state index in [4.69, 9.17) is 11.6 Å². The van der Waals surface area contributed by atoms with Crippen LogP contribution in [-0.4, -0.2) is 9.97 Å². The van der Waals surface area contributed by atoms with Gasteiger partial charge in [-0.05, 0) is 34.0 Å². The van der Waals surface area contributed by atoms with Gasteiger partial charge in [-0.3, -0.25) is 0 Å². The van der Waals surface area contributed by atoms with Crippen LogP contribution in [0.1, 0.15) is 5.56 Å². The number of nitrogens with zero attached hydrogens (tertiary/aromatic N) is 2. The Morgan fingerprint density at radius 3 is 2.61 bits per heavy atom. The number of benzene rings is 3. The van der Waals surface area contributed by atoms with Gasteiger partial charge in [-0.15, -0.1) is 23.1 Å². The minimum absolute atomic E-state index is 0.741. The predicted octanol–water partition coefficient (Wildman–Crippen LogP) is 7.46. The average molecular weight is 419 g/mol. The highest BCUT2D eigenvalue weighted by molar-refractivity contribution is 7.98. The lowest BCUT2D eigenvalue weighted by Gasteiger charge is -2.08. The minimum atomic E-state index is 0.741. The van der Waals surface area contributed by atoms with Gasteiger partial charge < -0.3 is 0 Å². The summed E-state index contributed by atoms with van der Waals surface area (Å²) in [6.07, 6.45) is 1.66. The van der Waals surface area contributed by atoms with E-state index in [-0.39, 0.29) is 0 Å². The van der Waals surface area contributed by atoms with E-state index in [0.717, 1.165) is 37.1 Å². The van der Waals surface area contributed by atoms with Crippen LogP contribution >= 0.6 is 34.7 Å². The Morgan fingerprint density at radius 1 is 0.893 bits per heavy atom. The molecule has 0 amide bonds.